The second kappa shape index (κ2) is 31.6. The molecule has 0 unspecified atom stereocenters. The van der Waals surface area contributed by atoms with Gasteiger partial charge in [0.25, 0.3) is 5.82 Å². The van der Waals surface area contributed by atoms with Crippen LogP contribution in [-0.4, -0.2) is 4.57 Å². The van der Waals surface area contributed by atoms with E-state index in [9.17, 15) is 0 Å². The highest BCUT2D eigenvalue weighted by molar-refractivity contribution is 4.84. The molecular formula is C40H79N2+. The lowest BCUT2D eigenvalue weighted by molar-refractivity contribution is -0.704. The van der Waals surface area contributed by atoms with Gasteiger partial charge >= 0.3 is 0 Å². The Balaban J connectivity index is 2.06. The van der Waals surface area contributed by atoms with Crippen LogP contribution in [-0.2, 0) is 19.5 Å². The molecular weight excluding hydrogens is 508 g/mol. The van der Waals surface area contributed by atoms with E-state index in [0.29, 0.717) is 0 Å². The van der Waals surface area contributed by atoms with Crippen molar-refractivity contribution in [3.63, 3.8) is 0 Å². The molecule has 0 aliphatic carbocycles. The van der Waals surface area contributed by atoms with Crippen molar-refractivity contribution >= 4 is 0 Å². The summed E-state index contributed by atoms with van der Waals surface area (Å²) in [6, 6.07) is 0. The van der Waals surface area contributed by atoms with Crippen LogP contribution < -0.4 is 4.57 Å². The van der Waals surface area contributed by atoms with Gasteiger partial charge in [0.05, 0.1) is 13.1 Å². The van der Waals surface area contributed by atoms with Crippen LogP contribution >= 0.6 is 0 Å². The molecule has 0 radical (unpaired) electrons. The van der Waals surface area contributed by atoms with Crippen molar-refractivity contribution in [2.24, 2.45) is 0 Å². The fourth-order valence-corrected chi connectivity index (χ4v) is 6.65. The summed E-state index contributed by atoms with van der Waals surface area (Å²) in [5.41, 5.74) is 0. The maximum atomic E-state index is 2.61. The summed E-state index contributed by atoms with van der Waals surface area (Å²) >= 11 is 0. The Bertz CT molecular complexity index is 648. The summed E-state index contributed by atoms with van der Waals surface area (Å²) in [6.45, 7) is 9.37. The first kappa shape index (κ1) is 39.2. The van der Waals surface area contributed by atoms with E-state index in [-0.39, 0.29) is 0 Å². The first-order valence-electron chi connectivity index (χ1n) is 19.9. The van der Waals surface area contributed by atoms with Crippen molar-refractivity contribution in [1.29, 1.82) is 0 Å². The average molecular weight is 588 g/mol. The molecule has 248 valence electrons. The summed E-state index contributed by atoms with van der Waals surface area (Å²) in [7, 11) is 0. The topological polar surface area (TPSA) is 8.81 Å². The lowest BCUT2D eigenvalue weighted by atomic mass is 10.0. The number of hydrogen-bond donors (Lipinski definition) is 0. The summed E-state index contributed by atoms with van der Waals surface area (Å²) < 4.78 is 5.19. The summed E-state index contributed by atoms with van der Waals surface area (Å²) in [5, 5.41) is 0. The highest BCUT2D eigenvalue weighted by atomic mass is 15.1. The van der Waals surface area contributed by atoms with Gasteiger partial charge < -0.3 is 0 Å². The van der Waals surface area contributed by atoms with E-state index in [1.54, 1.807) is 5.82 Å². The number of unbranched alkanes of at least 4 members (excludes halogenated alkanes) is 28. The zero-order valence-corrected chi connectivity index (χ0v) is 29.6. The normalized spacial score (nSPS) is 11.6. The van der Waals surface area contributed by atoms with Gasteiger partial charge in [0.15, 0.2) is 0 Å². The first-order valence-corrected chi connectivity index (χ1v) is 19.9. The van der Waals surface area contributed by atoms with Crippen molar-refractivity contribution in [3.8, 4) is 0 Å². The third kappa shape index (κ3) is 23.6. The third-order valence-corrected chi connectivity index (χ3v) is 9.60. The van der Waals surface area contributed by atoms with E-state index in [1.807, 2.05) is 0 Å². The zero-order chi connectivity index (χ0) is 30.2. The van der Waals surface area contributed by atoms with Gasteiger partial charge in [-0.2, -0.15) is 0 Å². The van der Waals surface area contributed by atoms with Gasteiger partial charge in [-0.1, -0.05) is 194 Å². The fourth-order valence-electron chi connectivity index (χ4n) is 6.65. The van der Waals surface area contributed by atoms with Crippen molar-refractivity contribution < 1.29 is 4.57 Å². The minimum atomic E-state index is 1.20. The second-order valence-electron chi connectivity index (χ2n) is 13.8. The van der Waals surface area contributed by atoms with Crippen LogP contribution in [0.25, 0.3) is 0 Å². The van der Waals surface area contributed by atoms with Crippen molar-refractivity contribution in [3.05, 3.63) is 18.2 Å². The molecule has 0 atom stereocenters. The minimum Gasteiger partial charge on any atom is -0.234 e. The maximum Gasteiger partial charge on any atom is 0.256 e. The van der Waals surface area contributed by atoms with Crippen molar-refractivity contribution in [2.75, 3.05) is 0 Å². The fraction of sp³-hybridized carbons (Fsp3) is 0.925. The molecule has 0 aromatic carbocycles. The molecule has 0 fully saturated rings. The van der Waals surface area contributed by atoms with Gasteiger partial charge in [-0.3, -0.25) is 0 Å². The monoisotopic (exact) mass is 588 g/mol. The standard InChI is InChI=1S/C40H79N2/c1-4-7-10-12-14-16-18-20-21-22-23-24-25-27-29-31-33-35-40-41(36-9-6-3)38-39-42(40)37-34-32-30-28-26-19-17-15-13-11-8-5-2/h38-39H,4-37H2,1-3H3/q+1. The van der Waals surface area contributed by atoms with Gasteiger partial charge in [0.1, 0.15) is 12.4 Å². The molecule has 0 N–H and O–H groups in total. The summed E-state index contributed by atoms with van der Waals surface area (Å²) in [5.74, 6) is 1.60. The first-order chi connectivity index (χ1) is 20.8. The van der Waals surface area contributed by atoms with Crippen molar-refractivity contribution in [1.82, 2.24) is 4.57 Å². The van der Waals surface area contributed by atoms with E-state index in [1.165, 1.54) is 219 Å². The maximum absolute atomic E-state index is 2.61. The smallest absolute Gasteiger partial charge is 0.234 e. The predicted octanol–water partition coefficient (Wildman–Crippen LogP) is 13.5. The molecule has 2 heteroatoms. The zero-order valence-electron chi connectivity index (χ0n) is 29.6. The molecule has 0 spiro atoms. The van der Waals surface area contributed by atoms with E-state index < -0.39 is 0 Å². The number of nitrogens with zero attached hydrogens (tertiary/aromatic N) is 2. The molecule has 1 heterocycles. The Morgan fingerprint density at radius 3 is 1.12 bits per heavy atom. The molecule has 42 heavy (non-hydrogen) atoms. The average Bonchev–Trinajstić information content (AvgIpc) is 3.39. The molecule has 1 aromatic rings. The number of hydrogen-bond acceptors (Lipinski definition) is 0. The number of aromatic nitrogens is 2. The van der Waals surface area contributed by atoms with E-state index >= 15 is 0 Å². The molecule has 0 aliphatic rings. The molecule has 0 saturated heterocycles. The van der Waals surface area contributed by atoms with Crippen LogP contribution in [0.4, 0.5) is 0 Å². The number of imidazole rings is 1. The summed E-state index contributed by atoms with van der Waals surface area (Å²) in [4.78, 5) is 0. The lowest BCUT2D eigenvalue weighted by Gasteiger charge is -2.07. The Labute approximate surface area is 266 Å². The quantitative estimate of drug-likeness (QED) is 0.0560. The van der Waals surface area contributed by atoms with Gasteiger partial charge in [0, 0.05) is 6.42 Å². The van der Waals surface area contributed by atoms with Gasteiger partial charge in [0.2, 0.25) is 0 Å². The Morgan fingerprint density at radius 1 is 0.405 bits per heavy atom. The van der Waals surface area contributed by atoms with Crippen LogP contribution in [0.5, 0.6) is 0 Å². The molecule has 0 saturated carbocycles. The van der Waals surface area contributed by atoms with Crippen LogP contribution in [0.3, 0.4) is 0 Å². The molecule has 0 amide bonds. The van der Waals surface area contributed by atoms with Gasteiger partial charge in [-0.25, -0.2) is 9.13 Å². The summed E-state index contributed by atoms with van der Waals surface area (Å²) in [6.07, 6.45) is 50.5. The Morgan fingerprint density at radius 2 is 0.738 bits per heavy atom. The van der Waals surface area contributed by atoms with Crippen LogP contribution in [0.2, 0.25) is 0 Å². The molecule has 0 aliphatic heterocycles. The van der Waals surface area contributed by atoms with E-state index in [2.05, 4.69) is 42.3 Å². The molecule has 1 rings (SSSR count). The predicted molar refractivity (Wildman–Crippen MR) is 188 cm³/mol. The third-order valence-electron chi connectivity index (χ3n) is 9.60. The van der Waals surface area contributed by atoms with E-state index in [0.717, 1.165) is 0 Å². The minimum absolute atomic E-state index is 1.20. The van der Waals surface area contributed by atoms with Crippen molar-refractivity contribution in [2.45, 2.75) is 239 Å². The van der Waals surface area contributed by atoms with Crippen LogP contribution in [0, 0.1) is 0 Å². The van der Waals surface area contributed by atoms with E-state index in [4.69, 9.17) is 0 Å². The van der Waals surface area contributed by atoms with Crippen LogP contribution in [0.1, 0.15) is 226 Å². The SMILES string of the molecule is CCCCCCCCCCCCCCCCCCCc1n(CCCC)cc[n+]1CCCCCCCCCCCCCC. The molecule has 2 nitrogen and oxygen atoms in total. The van der Waals surface area contributed by atoms with Gasteiger partial charge in [-0.15, -0.1) is 0 Å². The molecule has 0 bridgehead atoms. The lowest BCUT2D eigenvalue weighted by Crippen LogP contribution is -2.37. The number of rotatable bonds is 34. The Kier molecular flexibility index (Phi) is 29.5. The van der Waals surface area contributed by atoms with Crippen LogP contribution in [0.15, 0.2) is 12.4 Å². The Hall–Kier alpha value is -0.790. The van der Waals surface area contributed by atoms with Gasteiger partial charge in [-0.05, 0) is 25.7 Å². The molecule has 1 aromatic heterocycles. The highest BCUT2D eigenvalue weighted by Gasteiger charge is 2.16. The largest absolute Gasteiger partial charge is 0.256 e. The second-order valence-corrected chi connectivity index (χ2v) is 13.8. The highest BCUT2D eigenvalue weighted by Crippen LogP contribution is 2.16. The number of aryl methyl sites for hydroxylation is 2.